The summed E-state index contributed by atoms with van der Waals surface area (Å²) in [6.07, 6.45) is 1.56. The molecule has 0 saturated carbocycles. The van der Waals surface area contributed by atoms with Crippen LogP contribution in [0.2, 0.25) is 0 Å². The lowest BCUT2D eigenvalue weighted by Crippen LogP contribution is -2.27. The zero-order chi connectivity index (χ0) is 25.9. The third kappa shape index (κ3) is 5.69. The Balaban J connectivity index is 1.50. The van der Waals surface area contributed by atoms with Crippen molar-refractivity contribution in [1.82, 2.24) is 0 Å². The number of esters is 2. The van der Waals surface area contributed by atoms with E-state index >= 15 is 0 Å². The van der Waals surface area contributed by atoms with E-state index in [-0.39, 0.29) is 23.3 Å². The van der Waals surface area contributed by atoms with Gasteiger partial charge < -0.3 is 19.5 Å². The number of rotatable bonds is 6. The first kappa shape index (κ1) is 24.9. The fourth-order valence-corrected chi connectivity index (χ4v) is 3.71. The van der Waals surface area contributed by atoms with E-state index in [1.807, 2.05) is 20.8 Å². The molecule has 0 radical (unpaired) electrons. The lowest BCUT2D eigenvalue weighted by Gasteiger charge is -2.17. The van der Waals surface area contributed by atoms with Crippen LogP contribution in [0.4, 0.5) is 5.69 Å². The van der Waals surface area contributed by atoms with Gasteiger partial charge in [0.05, 0.1) is 7.11 Å². The van der Waals surface area contributed by atoms with Gasteiger partial charge in [-0.2, -0.15) is 0 Å². The number of carbonyl (C=O) groups is 3. The van der Waals surface area contributed by atoms with Crippen molar-refractivity contribution >= 4 is 46.8 Å². The number of methoxy groups -OCH3 is 1. The standard InChI is InChI=1S/C27H24N2O6S/c1-27(2,3)26(32)28-18-10-8-17(9-11-18)23-29-19(24(30)35-23)14-16-7-12-20(21(15-16)33-4)34-25(31)22-6-5-13-36-22/h5-15H,1-4H3,(H,28,32)/b19-14+. The van der Waals surface area contributed by atoms with Crippen LogP contribution in [0.1, 0.15) is 41.6 Å². The third-order valence-corrected chi connectivity index (χ3v) is 5.96. The molecule has 184 valence electrons. The van der Waals surface area contributed by atoms with E-state index in [0.717, 1.165) is 0 Å². The maximum Gasteiger partial charge on any atom is 0.363 e. The number of aliphatic imine (C=N–C) groups is 1. The lowest BCUT2D eigenvalue weighted by atomic mass is 9.95. The van der Waals surface area contributed by atoms with Gasteiger partial charge in [-0.15, -0.1) is 11.3 Å². The number of anilines is 1. The molecule has 9 heteroatoms. The summed E-state index contributed by atoms with van der Waals surface area (Å²) in [5.41, 5.74) is 1.43. The summed E-state index contributed by atoms with van der Waals surface area (Å²) in [5.74, 6) is -0.428. The molecule has 1 aliphatic heterocycles. The second-order valence-electron chi connectivity index (χ2n) is 8.89. The molecule has 0 aliphatic carbocycles. The number of nitrogens with zero attached hydrogens (tertiary/aromatic N) is 1. The molecule has 1 aromatic heterocycles. The van der Waals surface area contributed by atoms with Crippen LogP contribution in [0.25, 0.3) is 6.08 Å². The quantitative estimate of drug-likeness (QED) is 0.277. The average Bonchev–Trinajstić information content (AvgIpc) is 3.50. The summed E-state index contributed by atoms with van der Waals surface area (Å²) in [4.78, 5) is 41.6. The van der Waals surface area contributed by atoms with Crippen molar-refractivity contribution in [2.24, 2.45) is 10.4 Å². The molecule has 1 N–H and O–H groups in total. The molecule has 0 atom stereocenters. The molecule has 0 saturated heterocycles. The largest absolute Gasteiger partial charge is 0.493 e. The second kappa shape index (κ2) is 10.2. The average molecular weight is 505 g/mol. The van der Waals surface area contributed by atoms with Crippen LogP contribution in [-0.2, 0) is 14.3 Å². The van der Waals surface area contributed by atoms with Gasteiger partial charge in [0.1, 0.15) is 4.88 Å². The van der Waals surface area contributed by atoms with Crippen LogP contribution in [0.5, 0.6) is 11.5 Å². The minimum Gasteiger partial charge on any atom is -0.493 e. The Bertz CT molecular complexity index is 1370. The zero-order valence-electron chi connectivity index (χ0n) is 20.2. The van der Waals surface area contributed by atoms with Crippen molar-refractivity contribution in [1.29, 1.82) is 0 Å². The van der Waals surface area contributed by atoms with E-state index in [2.05, 4.69) is 10.3 Å². The summed E-state index contributed by atoms with van der Waals surface area (Å²) in [7, 11) is 1.46. The molecule has 0 fully saturated rings. The highest BCUT2D eigenvalue weighted by atomic mass is 32.1. The van der Waals surface area contributed by atoms with Gasteiger partial charge in [0.15, 0.2) is 17.2 Å². The number of thiophene rings is 1. The van der Waals surface area contributed by atoms with Gasteiger partial charge >= 0.3 is 11.9 Å². The molecule has 8 nitrogen and oxygen atoms in total. The highest BCUT2D eigenvalue weighted by Gasteiger charge is 2.25. The fraction of sp³-hybridized carbons (Fsp3) is 0.185. The van der Waals surface area contributed by atoms with Crippen LogP contribution in [-0.4, -0.2) is 30.9 Å². The van der Waals surface area contributed by atoms with Gasteiger partial charge in [-0.3, -0.25) is 4.79 Å². The Morgan fingerprint density at radius 2 is 1.81 bits per heavy atom. The molecule has 0 bridgehead atoms. The number of cyclic esters (lactones) is 1. The van der Waals surface area contributed by atoms with Gasteiger partial charge in [0, 0.05) is 16.7 Å². The molecule has 0 unspecified atom stereocenters. The van der Waals surface area contributed by atoms with Crippen molar-refractivity contribution in [3.8, 4) is 11.5 Å². The van der Waals surface area contributed by atoms with Crippen LogP contribution in [0.15, 0.2) is 70.7 Å². The monoisotopic (exact) mass is 504 g/mol. The fourth-order valence-electron chi connectivity index (χ4n) is 3.11. The Morgan fingerprint density at radius 3 is 2.44 bits per heavy atom. The number of carbonyl (C=O) groups excluding carboxylic acids is 3. The van der Waals surface area contributed by atoms with Gasteiger partial charge in [-0.05, 0) is 59.5 Å². The summed E-state index contributed by atoms with van der Waals surface area (Å²) >= 11 is 1.28. The van der Waals surface area contributed by atoms with Crippen molar-refractivity contribution in [3.05, 3.63) is 81.7 Å². The zero-order valence-corrected chi connectivity index (χ0v) is 21.0. The summed E-state index contributed by atoms with van der Waals surface area (Å²) < 4.78 is 16.1. The Morgan fingerprint density at radius 1 is 1.06 bits per heavy atom. The van der Waals surface area contributed by atoms with E-state index in [0.29, 0.717) is 27.4 Å². The predicted molar refractivity (Wildman–Crippen MR) is 137 cm³/mol. The molecule has 3 aromatic rings. The number of nitrogens with one attached hydrogen (secondary N) is 1. The van der Waals surface area contributed by atoms with E-state index in [4.69, 9.17) is 14.2 Å². The maximum absolute atomic E-state index is 12.4. The number of amides is 1. The van der Waals surface area contributed by atoms with E-state index in [1.165, 1.54) is 18.4 Å². The molecule has 0 spiro atoms. The van der Waals surface area contributed by atoms with Gasteiger partial charge in [-0.25, -0.2) is 14.6 Å². The van der Waals surface area contributed by atoms with Crippen molar-refractivity contribution in [3.63, 3.8) is 0 Å². The lowest BCUT2D eigenvalue weighted by molar-refractivity contribution is -0.130. The molecule has 4 rings (SSSR count). The number of hydrogen-bond donors (Lipinski definition) is 1. The van der Waals surface area contributed by atoms with Crippen LogP contribution < -0.4 is 14.8 Å². The first-order valence-corrected chi connectivity index (χ1v) is 11.9. The molecule has 1 amide bonds. The number of benzene rings is 2. The Kier molecular flexibility index (Phi) is 7.03. The normalized spacial score (nSPS) is 14.3. The summed E-state index contributed by atoms with van der Waals surface area (Å²) in [6.45, 7) is 5.49. The van der Waals surface area contributed by atoms with Gasteiger partial charge in [0.25, 0.3) is 0 Å². The highest BCUT2D eigenvalue weighted by Crippen LogP contribution is 2.31. The minimum absolute atomic E-state index is 0.104. The molecule has 1 aliphatic rings. The first-order chi connectivity index (χ1) is 17.1. The van der Waals surface area contributed by atoms with Crippen LogP contribution in [0.3, 0.4) is 0 Å². The number of ether oxygens (including phenoxy) is 3. The van der Waals surface area contributed by atoms with E-state index in [9.17, 15) is 14.4 Å². The summed E-state index contributed by atoms with van der Waals surface area (Å²) in [6, 6.07) is 15.2. The smallest absolute Gasteiger partial charge is 0.363 e. The molecular weight excluding hydrogens is 480 g/mol. The van der Waals surface area contributed by atoms with E-state index in [1.54, 1.807) is 66.1 Å². The van der Waals surface area contributed by atoms with Crippen molar-refractivity contribution in [2.45, 2.75) is 20.8 Å². The number of hydrogen-bond acceptors (Lipinski definition) is 8. The van der Waals surface area contributed by atoms with Crippen LogP contribution in [0, 0.1) is 5.41 Å². The van der Waals surface area contributed by atoms with Crippen molar-refractivity contribution < 1.29 is 28.6 Å². The van der Waals surface area contributed by atoms with Gasteiger partial charge in [0.2, 0.25) is 11.8 Å². The molecule has 2 aromatic carbocycles. The van der Waals surface area contributed by atoms with Gasteiger partial charge in [-0.1, -0.05) is 32.9 Å². The summed E-state index contributed by atoms with van der Waals surface area (Å²) in [5, 5.41) is 4.63. The SMILES string of the molecule is COc1cc(/C=C2/N=C(c3ccc(NC(=O)C(C)(C)C)cc3)OC2=O)ccc1OC(=O)c1cccs1. The van der Waals surface area contributed by atoms with Crippen LogP contribution >= 0.6 is 11.3 Å². The topological polar surface area (TPSA) is 103 Å². The van der Waals surface area contributed by atoms with Crippen molar-refractivity contribution in [2.75, 3.05) is 12.4 Å². The predicted octanol–water partition coefficient (Wildman–Crippen LogP) is 5.31. The van der Waals surface area contributed by atoms with E-state index < -0.39 is 17.4 Å². The highest BCUT2D eigenvalue weighted by molar-refractivity contribution is 7.12. The first-order valence-electron chi connectivity index (χ1n) is 11.0. The minimum atomic E-state index is -0.595. The third-order valence-electron chi connectivity index (χ3n) is 5.11. The Labute approximate surface area is 212 Å². The molecule has 2 heterocycles. The molecular formula is C27H24N2O6S. The maximum atomic E-state index is 12.4. The molecule has 36 heavy (non-hydrogen) atoms. The Hall–Kier alpha value is -4.24. The second-order valence-corrected chi connectivity index (χ2v) is 9.84.